The summed E-state index contributed by atoms with van der Waals surface area (Å²) in [5.74, 6) is 0.152. The molecule has 0 N–H and O–H groups in total. The summed E-state index contributed by atoms with van der Waals surface area (Å²) >= 11 is 23.8. The van der Waals surface area contributed by atoms with E-state index in [1.54, 1.807) is 6.07 Å². The minimum absolute atomic E-state index is 0.152. The maximum atomic E-state index is 10.5. The van der Waals surface area contributed by atoms with Gasteiger partial charge in [-0.2, -0.15) is 0 Å². The zero-order valence-electron chi connectivity index (χ0n) is 6.69. The summed E-state index contributed by atoms with van der Waals surface area (Å²) in [5.41, 5.74) is 0. The molecule has 0 heterocycles. The van der Waals surface area contributed by atoms with Crippen molar-refractivity contribution in [2.24, 2.45) is 0 Å². The largest absolute Gasteiger partial charge is 0.280 e. The molecule has 1 rings (SSSR count). The third-order valence-corrected chi connectivity index (χ3v) is 3.81. The van der Waals surface area contributed by atoms with Gasteiger partial charge in [-0.15, -0.1) is 11.8 Å². The number of halogens is 4. The van der Waals surface area contributed by atoms with Crippen LogP contribution in [0.3, 0.4) is 0 Å². The lowest BCUT2D eigenvalue weighted by Gasteiger charge is -2.04. The average Bonchev–Trinajstić information content (AvgIpc) is 2.09. The highest BCUT2D eigenvalue weighted by Crippen LogP contribution is 2.34. The van der Waals surface area contributed by atoms with Crippen LogP contribution in [0.2, 0.25) is 15.1 Å². The molecule has 0 aliphatic carbocycles. The molecule has 0 fully saturated rings. The first-order chi connectivity index (χ1) is 6.50. The molecule has 76 valence electrons. The van der Waals surface area contributed by atoms with Crippen LogP contribution in [0.1, 0.15) is 0 Å². The molecule has 6 heteroatoms. The SMILES string of the molecule is O=C(Cl)CSc1cc(Cl)c(Cl)cc1Cl. The van der Waals surface area contributed by atoms with E-state index in [0.29, 0.717) is 20.0 Å². The molecule has 14 heavy (non-hydrogen) atoms. The van der Waals surface area contributed by atoms with Crippen molar-refractivity contribution < 1.29 is 4.79 Å². The van der Waals surface area contributed by atoms with Gasteiger partial charge in [0.1, 0.15) is 0 Å². The Morgan fingerprint density at radius 2 is 1.71 bits per heavy atom. The van der Waals surface area contributed by atoms with Crippen molar-refractivity contribution in [3.8, 4) is 0 Å². The van der Waals surface area contributed by atoms with Gasteiger partial charge in [0.15, 0.2) is 0 Å². The van der Waals surface area contributed by atoms with Gasteiger partial charge in [-0.25, -0.2) is 0 Å². The Balaban J connectivity index is 2.87. The van der Waals surface area contributed by atoms with Crippen LogP contribution in [0.25, 0.3) is 0 Å². The maximum absolute atomic E-state index is 10.5. The van der Waals surface area contributed by atoms with Crippen LogP contribution in [0.4, 0.5) is 0 Å². The molecule has 1 aromatic rings. The highest BCUT2D eigenvalue weighted by molar-refractivity contribution is 8.00. The van der Waals surface area contributed by atoms with Crippen LogP contribution in [0.5, 0.6) is 0 Å². The Morgan fingerprint density at radius 3 is 2.29 bits per heavy atom. The fourth-order valence-corrected chi connectivity index (χ4v) is 2.36. The van der Waals surface area contributed by atoms with Crippen LogP contribution in [-0.4, -0.2) is 11.0 Å². The quantitative estimate of drug-likeness (QED) is 0.463. The summed E-state index contributed by atoms with van der Waals surface area (Å²) in [5, 5.41) is 0.818. The van der Waals surface area contributed by atoms with Crippen LogP contribution in [-0.2, 0) is 4.79 Å². The standard InChI is InChI=1S/C8H4Cl4OS/c9-4-1-6(11)7(2-5(4)10)14-3-8(12)13/h1-2H,3H2. The minimum atomic E-state index is -0.433. The van der Waals surface area contributed by atoms with E-state index in [1.807, 2.05) is 0 Å². The Hall–Kier alpha value is 0.400. The Kier molecular flexibility index (Phi) is 4.88. The van der Waals surface area contributed by atoms with E-state index in [2.05, 4.69) is 0 Å². The van der Waals surface area contributed by atoms with Gasteiger partial charge in [-0.1, -0.05) is 34.8 Å². The van der Waals surface area contributed by atoms with Crippen LogP contribution < -0.4 is 0 Å². The van der Waals surface area contributed by atoms with E-state index >= 15 is 0 Å². The van der Waals surface area contributed by atoms with E-state index in [4.69, 9.17) is 46.4 Å². The number of hydrogen-bond acceptors (Lipinski definition) is 2. The molecule has 0 saturated heterocycles. The summed E-state index contributed by atoms with van der Waals surface area (Å²) in [6, 6.07) is 3.14. The van der Waals surface area contributed by atoms with Gasteiger partial charge in [-0.05, 0) is 23.7 Å². The molecule has 0 saturated carbocycles. The molecule has 0 spiro atoms. The highest BCUT2D eigenvalue weighted by Gasteiger charge is 2.07. The molecule has 1 nitrogen and oxygen atoms in total. The van der Waals surface area contributed by atoms with Crippen LogP contribution >= 0.6 is 58.2 Å². The lowest BCUT2D eigenvalue weighted by molar-refractivity contribution is -0.109. The van der Waals surface area contributed by atoms with E-state index < -0.39 is 5.24 Å². The molecular formula is C8H4Cl4OS. The van der Waals surface area contributed by atoms with Gasteiger partial charge in [-0.3, -0.25) is 4.79 Å². The molecule has 0 aliphatic heterocycles. The zero-order chi connectivity index (χ0) is 10.7. The number of carbonyl (C=O) groups is 1. The number of carbonyl (C=O) groups excluding carboxylic acids is 1. The van der Waals surface area contributed by atoms with Gasteiger partial charge in [0.05, 0.1) is 20.8 Å². The van der Waals surface area contributed by atoms with Gasteiger partial charge >= 0.3 is 0 Å². The van der Waals surface area contributed by atoms with Gasteiger partial charge in [0.25, 0.3) is 0 Å². The van der Waals surface area contributed by atoms with Gasteiger partial charge in [0.2, 0.25) is 5.24 Å². The summed E-state index contributed by atoms with van der Waals surface area (Å²) < 4.78 is 0. The van der Waals surface area contributed by atoms with Crippen molar-refractivity contribution in [2.45, 2.75) is 4.90 Å². The van der Waals surface area contributed by atoms with Gasteiger partial charge < -0.3 is 0 Å². The van der Waals surface area contributed by atoms with E-state index in [1.165, 1.54) is 17.8 Å². The zero-order valence-corrected chi connectivity index (χ0v) is 10.5. The number of benzene rings is 1. The number of hydrogen-bond donors (Lipinski definition) is 0. The molecule has 0 atom stereocenters. The molecule has 0 bridgehead atoms. The first-order valence-electron chi connectivity index (χ1n) is 3.46. The first-order valence-corrected chi connectivity index (χ1v) is 5.96. The van der Waals surface area contributed by atoms with Crippen LogP contribution in [0, 0.1) is 0 Å². The summed E-state index contributed by atoms with van der Waals surface area (Å²) in [6.45, 7) is 0. The monoisotopic (exact) mass is 288 g/mol. The topological polar surface area (TPSA) is 17.1 Å². The predicted molar refractivity (Wildman–Crippen MR) is 63.1 cm³/mol. The second-order valence-electron chi connectivity index (χ2n) is 2.34. The fraction of sp³-hybridized carbons (Fsp3) is 0.125. The van der Waals surface area contributed by atoms with Crippen molar-refractivity contribution in [1.82, 2.24) is 0 Å². The van der Waals surface area contributed by atoms with Crippen molar-refractivity contribution in [2.75, 3.05) is 5.75 Å². The second-order valence-corrected chi connectivity index (χ2v) is 5.00. The van der Waals surface area contributed by atoms with E-state index in [9.17, 15) is 4.79 Å². The Morgan fingerprint density at radius 1 is 1.14 bits per heavy atom. The number of rotatable bonds is 3. The molecule has 1 aromatic carbocycles. The first kappa shape index (κ1) is 12.5. The highest BCUT2D eigenvalue weighted by atomic mass is 35.5. The smallest absolute Gasteiger partial charge is 0.231 e. The summed E-state index contributed by atoms with van der Waals surface area (Å²) in [6.07, 6.45) is 0. The molecule has 0 radical (unpaired) electrons. The maximum Gasteiger partial charge on any atom is 0.231 e. The van der Waals surface area contributed by atoms with E-state index in [0.717, 1.165) is 0 Å². The number of thioether (sulfide) groups is 1. The lowest BCUT2D eigenvalue weighted by Crippen LogP contribution is -1.89. The normalized spacial score (nSPS) is 10.3. The van der Waals surface area contributed by atoms with Gasteiger partial charge in [0, 0.05) is 4.90 Å². The molecule has 0 aromatic heterocycles. The molecule has 0 amide bonds. The Labute approximate surface area is 106 Å². The van der Waals surface area contributed by atoms with E-state index in [-0.39, 0.29) is 5.75 Å². The Bertz CT molecular complexity index is 367. The third kappa shape index (κ3) is 3.52. The molecular weight excluding hydrogens is 286 g/mol. The van der Waals surface area contributed by atoms with Crippen molar-refractivity contribution >= 4 is 63.4 Å². The second kappa shape index (κ2) is 5.47. The van der Waals surface area contributed by atoms with Crippen molar-refractivity contribution in [1.29, 1.82) is 0 Å². The van der Waals surface area contributed by atoms with Crippen LogP contribution in [0.15, 0.2) is 17.0 Å². The average molecular weight is 290 g/mol. The van der Waals surface area contributed by atoms with Crippen molar-refractivity contribution in [3.05, 3.63) is 27.2 Å². The molecule has 0 unspecified atom stereocenters. The van der Waals surface area contributed by atoms with Crippen molar-refractivity contribution in [3.63, 3.8) is 0 Å². The third-order valence-electron chi connectivity index (χ3n) is 1.32. The summed E-state index contributed by atoms with van der Waals surface area (Å²) in [7, 11) is 0. The summed E-state index contributed by atoms with van der Waals surface area (Å²) in [4.78, 5) is 11.2. The predicted octanol–water partition coefficient (Wildman–Crippen LogP) is 4.50. The molecule has 0 aliphatic rings. The lowest BCUT2D eigenvalue weighted by atomic mass is 10.4. The minimum Gasteiger partial charge on any atom is -0.280 e. The fourth-order valence-electron chi connectivity index (χ4n) is 0.749.